The maximum Gasteiger partial charge on any atom is 0.354 e. The molecule has 0 spiro atoms. The van der Waals surface area contributed by atoms with Crippen molar-refractivity contribution >= 4 is 17.8 Å². The number of Topliss-reactive ketones (excluding diaryl/α,β-unsaturated/α-hetero) is 1. The summed E-state index contributed by atoms with van der Waals surface area (Å²) in [6.07, 6.45) is 1.46. The van der Waals surface area contributed by atoms with Crippen LogP contribution in [-0.2, 0) is 4.79 Å². The number of ketones is 1. The SMILES string of the molecule is CC(=O)c1ccc(OC(=O)/C(C#N)=C/c2ccccc2)cc1. The third-order valence-corrected chi connectivity index (χ3v) is 2.92. The van der Waals surface area contributed by atoms with Crippen LogP contribution in [0.1, 0.15) is 22.8 Å². The predicted molar refractivity (Wildman–Crippen MR) is 82.1 cm³/mol. The number of nitrogens with zero attached hydrogens (tertiary/aromatic N) is 1. The van der Waals surface area contributed by atoms with Gasteiger partial charge in [-0.15, -0.1) is 0 Å². The fraction of sp³-hybridized carbons (Fsp3) is 0.0556. The molecule has 2 aromatic carbocycles. The Kier molecular flexibility index (Phi) is 4.84. The van der Waals surface area contributed by atoms with Gasteiger partial charge in [0.2, 0.25) is 0 Å². The van der Waals surface area contributed by atoms with Crippen LogP contribution in [0.5, 0.6) is 5.75 Å². The maximum absolute atomic E-state index is 12.0. The van der Waals surface area contributed by atoms with E-state index >= 15 is 0 Å². The molecule has 4 nitrogen and oxygen atoms in total. The lowest BCUT2D eigenvalue weighted by Gasteiger charge is -2.04. The van der Waals surface area contributed by atoms with Crippen LogP contribution in [0.3, 0.4) is 0 Å². The molecule has 0 saturated heterocycles. The topological polar surface area (TPSA) is 67.2 Å². The molecule has 0 bridgehead atoms. The van der Waals surface area contributed by atoms with Crippen LogP contribution in [0.2, 0.25) is 0 Å². The van der Waals surface area contributed by atoms with Gasteiger partial charge in [0.15, 0.2) is 5.78 Å². The number of hydrogen-bond acceptors (Lipinski definition) is 4. The van der Waals surface area contributed by atoms with Crippen molar-refractivity contribution in [1.82, 2.24) is 0 Å². The van der Waals surface area contributed by atoms with Gasteiger partial charge in [0.25, 0.3) is 0 Å². The molecule has 108 valence electrons. The molecular weight excluding hydrogens is 278 g/mol. The fourth-order valence-corrected chi connectivity index (χ4v) is 1.77. The summed E-state index contributed by atoms with van der Waals surface area (Å²) in [5.74, 6) is -0.522. The molecule has 4 heteroatoms. The largest absolute Gasteiger partial charge is 0.422 e. The minimum absolute atomic E-state index is 0.0698. The fourth-order valence-electron chi connectivity index (χ4n) is 1.77. The van der Waals surface area contributed by atoms with E-state index in [0.717, 1.165) is 5.56 Å². The Morgan fingerprint density at radius 2 is 1.68 bits per heavy atom. The Balaban J connectivity index is 2.15. The molecule has 0 aliphatic rings. The van der Waals surface area contributed by atoms with E-state index < -0.39 is 5.97 Å². The van der Waals surface area contributed by atoms with E-state index in [2.05, 4.69) is 0 Å². The van der Waals surface area contributed by atoms with Crippen LogP contribution in [0.4, 0.5) is 0 Å². The van der Waals surface area contributed by atoms with E-state index in [1.807, 2.05) is 24.3 Å². The first-order valence-electron chi connectivity index (χ1n) is 6.60. The third kappa shape index (κ3) is 3.90. The molecule has 0 saturated carbocycles. The van der Waals surface area contributed by atoms with Gasteiger partial charge in [0.1, 0.15) is 17.4 Å². The second kappa shape index (κ2) is 7.00. The molecule has 0 atom stereocenters. The minimum atomic E-state index is -0.734. The monoisotopic (exact) mass is 291 g/mol. The third-order valence-electron chi connectivity index (χ3n) is 2.92. The predicted octanol–water partition coefficient (Wildman–Crippen LogP) is 3.40. The van der Waals surface area contributed by atoms with Crippen LogP contribution in [0.25, 0.3) is 6.08 Å². The van der Waals surface area contributed by atoms with Gasteiger partial charge in [0, 0.05) is 5.56 Å². The Hall–Kier alpha value is -3.19. The molecule has 0 aliphatic heterocycles. The number of esters is 1. The highest BCUT2D eigenvalue weighted by molar-refractivity contribution is 5.99. The normalized spacial score (nSPS) is 10.6. The summed E-state index contributed by atoms with van der Waals surface area (Å²) in [5, 5.41) is 9.09. The number of carbonyl (C=O) groups is 2. The van der Waals surface area contributed by atoms with Crippen LogP contribution in [0.15, 0.2) is 60.2 Å². The van der Waals surface area contributed by atoms with Gasteiger partial charge in [-0.2, -0.15) is 5.26 Å². The molecule has 22 heavy (non-hydrogen) atoms. The zero-order valence-electron chi connectivity index (χ0n) is 11.9. The first-order valence-corrected chi connectivity index (χ1v) is 6.60. The smallest absolute Gasteiger partial charge is 0.354 e. The number of carbonyl (C=O) groups excluding carboxylic acids is 2. The second-order valence-electron chi connectivity index (χ2n) is 4.55. The van der Waals surface area contributed by atoms with E-state index in [9.17, 15) is 9.59 Å². The number of rotatable bonds is 4. The van der Waals surface area contributed by atoms with E-state index in [0.29, 0.717) is 5.56 Å². The lowest BCUT2D eigenvalue weighted by Crippen LogP contribution is -2.10. The zero-order chi connectivity index (χ0) is 15.9. The van der Waals surface area contributed by atoms with Gasteiger partial charge in [-0.3, -0.25) is 4.79 Å². The van der Waals surface area contributed by atoms with Crippen molar-refractivity contribution in [1.29, 1.82) is 5.26 Å². The van der Waals surface area contributed by atoms with Crippen molar-refractivity contribution in [2.75, 3.05) is 0 Å². The highest BCUT2D eigenvalue weighted by Gasteiger charge is 2.12. The number of benzene rings is 2. The van der Waals surface area contributed by atoms with Gasteiger partial charge in [0.05, 0.1) is 0 Å². The van der Waals surface area contributed by atoms with Gasteiger partial charge >= 0.3 is 5.97 Å². The Labute approximate surface area is 128 Å². The summed E-state index contributed by atoms with van der Waals surface area (Å²) in [6, 6.07) is 17.0. The number of nitriles is 1. The summed E-state index contributed by atoms with van der Waals surface area (Å²) in [5.41, 5.74) is 1.17. The zero-order valence-corrected chi connectivity index (χ0v) is 11.9. The molecule has 0 radical (unpaired) electrons. The molecule has 0 N–H and O–H groups in total. The minimum Gasteiger partial charge on any atom is -0.422 e. The highest BCUT2D eigenvalue weighted by Crippen LogP contribution is 2.15. The van der Waals surface area contributed by atoms with Crippen LogP contribution >= 0.6 is 0 Å². The van der Waals surface area contributed by atoms with E-state index in [1.54, 1.807) is 24.3 Å². The molecule has 0 aromatic heterocycles. The summed E-state index contributed by atoms with van der Waals surface area (Å²) in [4.78, 5) is 23.2. The van der Waals surface area contributed by atoms with Gasteiger partial charge in [-0.1, -0.05) is 30.3 Å². The van der Waals surface area contributed by atoms with Crippen LogP contribution in [0, 0.1) is 11.3 Å². The summed E-state index contributed by atoms with van der Waals surface area (Å²) in [6.45, 7) is 1.46. The molecule has 0 amide bonds. The average molecular weight is 291 g/mol. The second-order valence-corrected chi connectivity index (χ2v) is 4.55. The molecule has 0 aliphatic carbocycles. The molecule has 2 rings (SSSR count). The first kappa shape index (κ1) is 15.2. The van der Waals surface area contributed by atoms with Crippen molar-refractivity contribution in [3.8, 4) is 11.8 Å². The van der Waals surface area contributed by atoms with Gasteiger partial charge in [-0.25, -0.2) is 4.79 Å². The van der Waals surface area contributed by atoms with Crippen molar-refractivity contribution in [2.45, 2.75) is 6.92 Å². The quantitative estimate of drug-likeness (QED) is 0.285. The van der Waals surface area contributed by atoms with Crippen LogP contribution < -0.4 is 4.74 Å². The van der Waals surface area contributed by atoms with Crippen molar-refractivity contribution in [3.63, 3.8) is 0 Å². The number of hydrogen-bond donors (Lipinski definition) is 0. The molecular formula is C18H13NO3. The molecule has 2 aromatic rings. The Morgan fingerprint density at radius 1 is 1.05 bits per heavy atom. The van der Waals surface area contributed by atoms with Crippen LogP contribution in [-0.4, -0.2) is 11.8 Å². The lowest BCUT2D eigenvalue weighted by molar-refractivity contribution is -0.129. The molecule has 0 fully saturated rings. The van der Waals surface area contributed by atoms with Gasteiger partial charge in [-0.05, 0) is 42.8 Å². The highest BCUT2D eigenvalue weighted by atomic mass is 16.5. The summed E-state index contributed by atoms with van der Waals surface area (Å²) >= 11 is 0. The first-order chi connectivity index (χ1) is 10.6. The van der Waals surface area contributed by atoms with Crippen molar-refractivity contribution < 1.29 is 14.3 Å². The van der Waals surface area contributed by atoms with E-state index in [4.69, 9.17) is 10.00 Å². The summed E-state index contributed by atoms with van der Waals surface area (Å²) < 4.78 is 5.13. The lowest BCUT2D eigenvalue weighted by atomic mass is 10.1. The van der Waals surface area contributed by atoms with Crippen molar-refractivity contribution in [3.05, 3.63) is 71.3 Å². The Bertz CT molecular complexity index is 753. The van der Waals surface area contributed by atoms with Crippen molar-refractivity contribution in [2.24, 2.45) is 0 Å². The Morgan fingerprint density at radius 3 is 2.23 bits per heavy atom. The number of ether oxygens (including phenoxy) is 1. The van der Waals surface area contributed by atoms with Gasteiger partial charge < -0.3 is 4.74 Å². The average Bonchev–Trinajstić information content (AvgIpc) is 2.54. The summed E-state index contributed by atoms with van der Waals surface area (Å²) in [7, 11) is 0. The van der Waals surface area contributed by atoms with E-state index in [1.165, 1.54) is 25.1 Å². The molecule has 0 heterocycles. The standard InChI is InChI=1S/C18H13NO3/c1-13(20)15-7-9-17(10-8-15)22-18(21)16(12-19)11-14-5-3-2-4-6-14/h2-11H,1H3/b16-11+. The maximum atomic E-state index is 12.0. The molecule has 0 unspecified atom stereocenters. The van der Waals surface area contributed by atoms with E-state index in [-0.39, 0.29) is 17.1 Å².